The smallest absolute Gasteiger partial charge is 0.338 e. The fraction of sp³-hybridized carbons (Fsp3) is 0.276. The molecule has 8 nitrogen and oxygen atoms in total. The molecule has 1 aromatic heterocycles. The van der Waals surface area contributed by atoms with E-state index in [0.717, 1.165) is 11.1 Å². The molecule has 6 rings (SSSR count). The van der Waals surface area contributed by atoms with E-state index in [1.807, 2.05) is 36.4 Å². The van der Waals surface area contributed by atoms with Gasteiger partial charge in [-0.1, -0.05) is 47.8 Å². The van der Waals surface area contributed by atoms with Gasteiger partial charge >= 0.3 is 5.97 Å². The van der Waals surface area contributed by atoms with Crippen LogP contribution in [0.2, 0.25) is 0 Å². The average Bonchev–Trinajstić information content (AvgIpc) is 3.60. The molecule has 0 amide bonds. The molecule has 0 saturated heterocycles. The van der Waals surface area contributed by atoms with Crippen LogP contribution >= 0.6 is 11.3 Å². The van der Waals surface area contributed by atoms with Crippen LogP contribution in [0, 0.1) is 5.92 Å². The zero-order valence-electron chi connectivity index (χ0n) is 21.1. The van der Waals surface area contributed by atoms with Crippen LogP contribution in [0.25, 0.3) is 6.08 Å². The van der Waals surface area contributed by atoms with Gasteiger partial charge in [0.15, 0.2) is 16.3 Å². The van der Waals surface area contributed by atoms with Crippen LogP contribution in [0.5, 0.6) is 11.5 Å². The number of carbonyl (C=O) groups excluding carboxylic acids is 1. The number of ether oxygens (including phenoxy) is 3. The zero-order valence-corrected chi connectivity index (χ0v) is 21.9. The van der Waals surface area contributed by atoms with Crippen molar-refractivity contribution in [2.45, 2.75) is 25.9 Å². The van der Waals surface area contributed by atoms with Crippen LogP contribution in [0.1, 0.15) is 25.5 Å². The molecular formula is C29H27N3O5S. The van der Waals surface area contributed by atoms with Crippen LogP contribution in [0.15, 0.2) is 88.0 Å². The first-order valence-electron chi connectivity index (χ1n) is 12.5. The molecule has 0 saturated carbocycles. The molecular weight excluding hydrogens is 502 g/mol. The number of thiazole rings is 1. The second kappa shape index (κ2) is 9.64. The van der Waals surface area contributed by atoms with E-state index in [4.69, 9.17) is 14.2 Å². The van der Waals surface area contributed by atoms with Gasteiger partial charge in [-0.15, -0.1) is 6.58 Å². The van der Waals surface area contributed by atoms with Gasteiger partial charge in [-0.25, -0.2) is 9.79 Å². The highest BCUT2D eigenvalue weighted by Gasteiger charge is 2.35. The topological polar surface area (TPSA) is 82.4 Å². The van der Waals surface area contributed by atoms with Crippen molar-refractivity contribution in [2.24, 2.45) is 10.9 Å². The van der Waals surface area contributed by atoms with E-state index in [0.29, 0.717) is 38.6 Å². The molecule has 194 valence electrons. The lowest BCUT2D eigenvalue weighted by Crippen LogP contribution is -2.40. The molecule has 38 heavy (non-hydrogen) atoms. The van der Waals surface area contributed by atoms with Crippen LogP contribution in [-0.2, 0) is 9.53 Å². The monoisotopic (exact) mass is 529 g/mol. The maximum Gasteiger partial charge on any atom is 0.338 e. The first kappa shape index (κ1) is 24.2. The summed E-state index contributed by atoms with van der Waals surface area (Å²) in [6, 6.07) is 4.95. The normalized spacial score (nSPS) is 23.2. The Morgan fingerprint density at radius 1 is 1.26 bits per heavy atom. The summed E-state index contributed by atoms with van der Waals surface area (Å²) in [5.41, 5.74) is 2.42. The minimum absolute atomic E-state index is 0.130. The summed E-state index contributed by atoms with van der Waals surface area (Å²) in [5, 5.41) is 0. The van der Waals surface area contributed by atoms with Gasteiger partial charge in [-0.3, -0.25) is 9.36 Å². The van der Waals surface area contributed by atoms with E-state index in [1.54, 1.807) is 24.5 Å². The number of hydrogen-bond donors (Lipinski definition) is 0. The molecule has 4 heterocycles. The van der Waals surface area contributed by atoms with Crippen LogP contribution in [0.4, 0.5) is 0 Å². The summed E-state index contributed by atoms with van der Waals surface area (Å²) in [6.45, 7) is 8.47. The molecule has 0 fully saturated rings. The number of rotatable bonds is 6. The van der Waals surface area contributed by atoms with Crippen molar-refractivity contribution in [3.05, 3.63) is 103 Å². The molecule has 2 aromatic rings. The molecule has 0 spiro atoms. The highest BCUT2D eigenvalue weighted by atomic mass is 32.1. The molecule has 0 radical (unpaired) electrons. The zero-order chi connectivity index (χ0) is 26.4. The van der Waals surface area contributed by atoms with Crippen LogP contribution in [-0.4, -0.2) is 41.4 Å². The number of carbonyl (C=O) groups is 1. The highest BCUT2D eigenvalue weighted by molar-refractivity contribution is 7.07. The fourth-order valence-corrected chi connectivity index (χ4v) is 6.43. The number of esters is 1. The Bertz CT molecular complexity index is 1640. The third-order valence-electron chi connectivity index (χ3n) is 7.06. The van der Waals surface area contributed by atoms with Gasteiger partial charge in [0.2, 0.25) is 6.79 Å². The Balaban J connectivity index is 1.50. The first-order valence-corrected chi connectivity index (χ1v) is 13.3. The van der Waals surface area contributed by atoms with E-state index in [2.05, 4.69) is 34.8 Å². The number of fused-ring (bicyclic) bond motifs is 3. The van der Waals surface area contributed by atoms with Crippen molar-refractivity contribution in [3.8, 4) is 11.5 Å². The molecule has 3 atom stereocenters. The summed E-state index contributed by atoms with van der Waals surface area (Å²) in [5.74, 6) is 0.844. The number of allylic oxidation sites excluding steroid dienone is 3. The van der Waals surface area contributed by atoms with Gasteiger partial charge in [0.25, 0.3) is 5.56 Å². The van der Waals surface area contributed by atoms with E-state index < -0.39 is 12.0 Å². The Morgan fingerprint density at radius 3 is 2.89 bits per heavy atom. The molecule has 0 bridgehead atoms. The standard InChI is InChI=1S/C29H27N3O5S/c1-4-12-31-15-19(20-8-6-7-9-21(20)31)14-24-27(33)32-26(18-10-11-22-23(13-18)37-16-36-22)25(28(34)35-5-2)17(3)30-29(32)38-24/h4,6-11,13-15,20-21,26H,1,5,12,16H2,2-3H3. The molecule has 0 N–H and O–H groups in total. The molecule has 3 unspecified atom stereocenters. The maximum absolute atomic E-state index is 14.0. The van der Waals surface area contributed by atoms with E-state index in [1.165, 1.54) is 11.3 Å². The minimum Gasteiger partial charge on any atom is -0.463 e. The SMILES string of the molecule is C=CCN1C=C(C=c2sc3n(c2=O)C(c2ccc4c(c2)OCO4)C(C(=O)OCC)=C(C)N=3)C2C=CC=CC21. The van der Waals surface area contributed by atoms with E-state index in [-0.39, 0.29) is 30.9 Å². The lowest BCUT2D eigenvalue weighted by molar-refractivity contribution is -0.139. The number of hydrogen-bond acceptors (Lipinski definition) is 8. The van der Waals surface area contributed by atoms with Gasteiger partial charge in [0.1, 0.15) is 0 Å². The van der Waals surface area contributed by atoms with Crippen molar-refractivity contribution >= 4 is 23.4 Å². The van der Waals surface area contributed by atoms with Crippen molar-refractivity contribution in [1.82, 2.24) is 9.47 Å². The second-order valence-electron chi connectivity index (χ2n) is 9.32. The molecule has 1 aliphatic carbocycles. The summed E-state index contributed by atoms with van der Waals surface area (Å²) >= 11 is 1.32. The number of benzene rings is 1. The van der Waals surface area contributed by atoms with Gasteiger partial charge < -0.3 is 19.1 Å². The van der Waals surface area contributed by atoms with Crippen molar-refractivity contribution in [2.75, 3.05) is 19.9 Å². The van der Waals surface area contributed by atoms with Crippen LogP contribution in [0.3, 0.4) is 0 Å². The third-order valence-corrected chi connectivity index (χ3v) is 8.04. The second-order valence-corrected chi connectivity index (χ2v) is 10.3. The van der Waals surface area contributed by atoms with Gasteiger partial charge in [-0.2, -0.15) is 0 Å². The van der Waals surface area contributed by atoms with Crippen molar-refractivity contribution in [3.63, 3.8) is 0 Å². The molecule has 4 aliphatic rings. The van der Waals surface area contributed by atoms with Gasteiger partial charge in [-0.05, 0) is 43.2 Å². The lowest BCUT2D eigenvalue weighted by atomic mass is 9.91. The largest absolute Gasteiger partial charge is 0.463 e. The Kier molecular flexibility index (Phi) is 6.15. The summed E-state index contributed by atoms with van der Waals surface area (Å²) < 4.78 is 18.6. The predicted molar refractivity (Wildman–Crippen MR) is 144 cm³/mol. The maximum atomic E-state index is 14.0. The van der Waals surface area contributed by atoms with E-state index >= 15 is 0 Å². The first-order chi connectivity index (χ1) is 18.5. The summed E-state index contributed by atoms with van der Waals surface area (Å²) in [4.78, 5) is 34.5. The van der Waals surface area contributed by atoms with Gasteiger partial charge in [0, 0.05) is 18.7 Å². The Hall–Kier alpha value is -4.11. The minimum atomic E-state index is -0.706. The number of nitrogens with zero attached hydrogens (tertiary/aromatic N) is 3. The molecule has 1 aromatic carbocycles. The van der Waals surface area contributed by atoms with Crippen molar-refractivity contribution < 1.29 is 19.0 Å². The van der Waals surface area contributed by atoms with Crippen molar-refractivity contribution in [1.29, 1.82) is 0 Å². The quantitative estimate of drug-likeness (QED) is 0.423. The lowest BCUT2D eigenvalue weighted by Gasteiger charge is -2.26. The third kappa shape index (κ3) is 3.94. The summed E-state index contributed by atoms with van der Waals surface area (Å²) in [6.07, 6.45) is 14.3. The Labute approximate surface area is 223 Å². The predicted octanol–water partition coefficient (Wildman–Crippen LogP) is 2.98. The van der Waals surface area contributed by atoms with E-state index in [9.17, 15) is 9.59 Å². The molecule has 9 heteroatoms. The summed E-state index contributed by atoms with van der Waals surface area (Å²) in [7, 11) is 0. The van der Waals surface area contributed by atoms with Gasteiger partial charge in [0.05, 0.1) is 34.5 Å². The molecule has 3 aliphatic heterocycles. The number of aromatic nitrogens is 1. The highest BCUT2D eigenvalue weighted by Crippen LogP contribution is 2.38. The fourth-order valence-electron chi connectivity index (χ4n) is 5.38. The van der Waals surface area contributed by atoms with Crippen LogP contribution < -0.4 is 24.4 Å². The average molecular weight is 530 g/mol. The Morgan fingerprint density at radius 2 is 2.08 bits per heavy atom.